The van der Waals surface area contributed by atoms with Crippen LogP contribution >= 0.6 is 11.6 Å². The maximum Gasteiger partial charge on any atom is 0.279 e. The lowest BCUT2D eigenvalue weighted by Crippen LogP contribution is -2.42. The summed E-state index contributed by atoms with van der Waals surface area (Å²) >= 11 is 6.04. The SMILES string of the molecule is Cc1ccccc1C(C(=O)Nc1ccc(F)cc1)N(C(=O)c1cnccn1)c1ccc(F)c(Cl)c1. The number of carbonyl (C=O) groups excluding carboxylic acids is 2. The fourth-order valence-electron chi connectivity index (χ4n) is 3.59. The second-order valence-electron chi connectivity index (χ2n) is 7.62. The number of benzene rings is 3. The molecule has 0 bridgehead atoms. The number of nitrogens with zero attached hydrogens (tertiary/aromatic N) is 3. The molecule has 1 unspecified atom stereocenters. The molecule has 1 heterocycles. The van der Waals surface area contributed by atoms with Crippen molar-refractivity contribution in [3.63, 3.8) is 0 Å². The standard InChI is InChI=1S/C26H19ClF2N4O2/c1-16-4-2-3-5-20(16)24(25(34)32-18-8-6-17(28)7-9-18)33(19-10-11-22(29)21(27)14-19)26(35)23-15-30-12-13-31-23/h2-15,24H,1H3,(H,32,34). The van der Waals surface area contributed by atoms with Crippen molar-refractivity contribution in [2.75, 3.05) is 10.2 Å². The van der Waals surface area contributed by atoms with Gasteiger partial charge in [0.05, 0.1) is 11.2 Å². The molecule has 0 saturated carbocycles. The van der Waals surface area contributed by atoms with E-state index in [9.17, 15) is 18.4 Å². The van der Waals surface area contributed by atoms with E-state index in [0.29, 0.717) is 11.3 Å². The molecular formula is C26H19ClF2N4O2. The van der Waals surface area contributed by atoms with Crippen LogP contribution in [0.3, 0.4) is 0 Å². The van der Waals surface area contributed by atoms with Gasteiger partial charge in [0, 0.05) is 23.8 Å². The summed E-state index contributed by atoms with van der Waals surface area (Å²) in [6, 6.07) is 14.8. The molecule has 3 aromatic carbocycles. The monoisotopic (exact) mass is 492 g/mol. The average molecular weight is 493 g/mol. The van der Waals surface area contributed by atoms with Crippen LogP contribution in [-0.2, 0) is 4.79 Å². The Labute approximate surface area is 205 Å². The van der Waals surface area contributed by atoms with Crippen LogP contribution in [0.1, 0.15) is 27.7 Å². The molecule has 6 nitrogen and oxygen atoms in total. The first-order valence-corrected chi connectivity index (χ1v) is 10.9. The third-order valence-corrected chi connectivity index (χ3v) is 5.57. The Hall–Kier alpha value is -4.17. The minimum Gasteiger partial charge on any atom is -0.324 e. The molecule has 0 fully saturated rings. The van der Waals surface area contributed by atoms with Gasteiger partial charge in [0.2, 0.25) is 0 Å². The summed E-state index contributed by atoms with van der Waals surface area (Å²) in [5, 5.41) is 2.51. The van der Waals surface area contributed by atoms with E-state index in [1.54, 1.807) is 31.2 Å². The molecule has 4 rings (SSSR count). The van der Waals surface area contributed by atoms with Gasteiger partial charge in [0.25, 0.3) is 11.8 Å². The Kier molecular flexibility index (Phi) is 7.12. The molecule has 0 spiro atoms. The maximum absolute atomic E-state index is 14.0. The van der Waals surface area contributed by atoms with Gasteiger partial charge in [-0.1, -0.05) is 35.9 Å². The first-order chi connectivity index (χ1) is 16.8. The molecule has 4 aromatic rings. The lowest BCUT2D eigenvalue weighted by atomic mass is 9.97. The Bertz CT molecular complexity index is 1370. The van der Waals surface area contributed by atoms with E-state index in [0.717, 1.165) is 11.6 Å². The highest BCUT2D eigenvalue weighted by molar-refractivity contribution is 6.31. The Morgan fingerprint density at radius 2 is 1.74 bits per heavy atom. The van der Waals surface area contributed by atoms with Gasteiger partial charge in [-0.05, 0) is 60.5 Å². The third kappa shape index (κ3) is 5.33. The number of halogens is 3. The molecule has 2 amide bonds. The third-order valence-electron chi connectivity index (χ3n) is 5.28. The highest BCUT2D eigenvalue weighted by Gasteiger charge is 2.35. The molecule has 1 aromatic heterocycles. The zero-order chi connectivity index (χ0) is 24.9. The van der Waals surface area contributed by atoms with Crippen molar-refractivity contribution in [2.24, 2.45) is 0 Å². The van der Waals surface area contributed by atoms with Crippen LogP contribution in [-0.4, -0.2) is 21.8 Å². The topological polar surface area (TPSA) is 75.2 Å². The van der Waals surface area contributed by atoms with Crippen molar-refractivity contribution >= 4 is 34.8 Å². The summed E-state index contributed by atoms with van der Waals surface area (Å²) in [7, 11) is 0. The lowest BCUT2D eigenvalue weighted by molar-refractivity contribution is -0.117. The van der Waals surface area contributed by atoms with E-state index >= 15 is 0 Å². The number of rotatable bonds is 6. The minimum absolute atomic E-state index is 0.0267. The first kappa shape index (κ1) is 24.0. The van der Waals surface area contributed by atoms with Gasteiger partial charge < -0.3 is 5.32 Å². The molecule has 35 heavy (non-hydrogen) atoms. The number of anilines is 2. The molecule has 1 atom stereocenters. The van der Waals surface area contributed by atoms with Gasteiger partial charge in [0.15, 0.2) is 0 Å². The van der Waals surface area contributed by atoms with E-state index < -0.39 is 29.5 Å². The summed E-state index contributed by atoms with van der Waals surface area (Å²) < 4.78 is 27.4. The maximum atomic E-state index is 14.0. The zero-order valence-corrected chi connectivity index (χ0v) is 19.2. The van der Waals surface area contributed by atoms with Gasteiger partial charge in [-0.3, -0.25) is 19.5 Å². The average Bonchev–Trinajstić information content (AvgIpc) is 2.86. The minimum atomic E-state index is -1.21. The second kappa shape index (κ2) is 10.4. The predicted octanol–water partition coefficient (Wildman–Crippen LogP) is 5.74. The highest BCUT2D eigenvalue weighted by Crippen LogP contribution is 2.34. The first-order valence-electron chi connectivity index (χ1n) is 10.5. The number of carbonyl (C=O) groups is 2. The molecule has 9 heteroatoms. The molecule has 0 aliphatic rings. The van der Waals surface area contributed by atoms with E-state index in [1.165, 1.54) is 59.9 Å². The predicted molar refractivity (Wildman–Crippen MR) is 129 cm³/mol. The van der Waals surface area contributed by atoms with E-state index in [-0.39, 0.29) is 16.4 Å². The van der Waals surface area contributed by atoms with E-state index in [4.69, 9.17) is 11.6 Å². The van der Waals surface area contributed by atoms with Crippen molar-refractivity contribution in [3.8, 4) is 0 Å². The quantitative estimate of drug-likeness (QED) is 0.372. The molecule has 176 valence electrons. The number of nitrogens with one attached hydrogen (secondary N) is 1. The smallest absolute Gasteiger partial charge is 0.279 e. The van der Waals surface area contributed by atoms with Crippen molar-refractivity contribution in [2.45, 2.75) is 13.0 Å². The Balaban J connectivity index is 1.88. The molecule has 0 aliphatic carbocycles. The molecular weight excluding hydrogens is 474 g/mol. The summed E-state index contributed by atoms with van der Waals surface area (Å²) in [6.07, 6.45) is 4.04. The number of amides is 2. The van der Waals surface area contributed by atoms with Crippen LogP contribution < -0.4 is 10.2 Å². The normalized spacial score (nSPS) is 11.5. The summed E-state index contributed by atoms with van der Waals surface area (Å²) in [5.74, 6) is -2.36. The van der Waals surface area contributed by atoms with Gasteiger partial charge >= 0.3 is 0 Å². The van der Waals surface area contributed by atoms with Gasteiger partial charge in [-0.2, -0.15) is 0 Å². The van der Waals surface area contributed by atoms with Gasteiger partial charge in [-0.15, -0.1) is 0 Å². The van der Waals surface area contributed by atoms with Crippen molar-refractivity contribution in [1.29, 1.82) is 0 Å². The summed E-state index contributed by atoms with van der Waals surface area (Å²) in [5.41, 5.74) is 1.73. The van der Waals surface area contributed by atoms with Crippen LogP contribution in [0.4, 0.5) is 20.2 Å². The molecule has 0 radical (unpaired) electrons. The van der Waals surface area contributed by atoms with Crippen molar-refractivity contribution in [3.05, 3.63) is 119 Å². The second-order valence-corrected chi connectivity index (χ2v) is 8.03. The van der Waals surface area contributed by atoms with Gasteiger partial charge in [-0.25, -0.2) is 13.8 Å². The molecule has 1 N–H and O–H groups in total. The largest absolute Gasteiger partial charge is 0.324 e. The summed E-state index contributed by atoms with van der Waals surface area (Å²) in [4.78, 5) is 36.7. The van der Waals surface area contributed by atoms with Crippen LogP contribution in [0.2, 0.25) is 5.02 Å². The number of hydrogen-bond acceptors (Lipinski definition) is 4. The van der Waals surface area contributed by atoms with Crippen LogP contribution in [0.15, 0.2) is 85.3 Å². The highest BCUT2D eigenvalue weighted by atomic mass is 35.5. The van der Waals surface area contributed by atoms with E-state index in [2.05, 4.69) is 15.3 Å². The van der Waals surface area contributed by atoms with Crippen molar-refractivity contribution in [1.82, 2.24) is 9.97 Å². The molecule has 0 saturated heterocycles. The Morgan fingerprint density at radius 1 is 1.00 bits per heavy atom. The van der Waals surface area contributed by atoms with E-state index in [1.807, 2.05) is 0 Å². The lowest BCUT2D eigenvalue weighted by Gasteiger charge is -2.32. The Morgan fingerprint density at radius 3 is 2.40 bits per heavy atom. The number of hydrogen-bond donors (Lipinski definition) is 1. The number of aromatic nitrogens is 2. The van der Waals surface area contributed by atoms with Crippen LogP contribution in [0, 0.1) is 18.6 Å². The zero-order valence-electron chi connectivity index (χ0n) is 18.5. The molecule has 0 aliphatic heterocycles. The van der Waals surface area contributed by atoms with Crippen molar-refractivity contribution < 1.29 is 18.4 Å². The summed E-state index contributed by atoms with van der Waals surface area (Å²) in [6.45, 7) is 1.80. The van der Waals surface area contributed by atoms with Gasteiger partial charge in [0.1, 0.15) is 23.4 Å². The van der Waals surface area contributed by atoms with Crippen LogP contribution in [0.5, 0.6) is 0 Å². The fourth-order valence-corrected chi connectivity index (χ4v) is 3.76. The van der Waals surface area contributed by atoms with Crippen LogP contribution in [0.25, 0.3) is 0 Å². The fraction of sp³-hybridized carbons (Fsp3) is 0.0769. The number of aryl methyl sites for hydroxylation is 1.